The van der Waals surface area contributed by atoms with Crippen LogP contribution in [0.25, 0.3) is 0 Å². The third kappa shape index (κ3) is 4.07. The Balaban J connectivity index is 2.15. The molecule has 0 aliphatic rings. The highest BCUT2D eigenvalue weighted by molar-refractivity contribution is 7.80. The van der Waals surface area contributed by atoms with Crippen LogP contribution in [0.3, 0.4) is 0 Å². The lowest BCUT2D eigenvalue weighted by molar-refractivity contribution is -0.383. The van der Waals surface area contributed by atoms with Crippen molar-refractivity contribution in [2.24, 2.45) is 0 Å². The second kappa shape index (κ2) is 6.91. The molecule has 0 aliphatic heterocycles. The molecule has 0 radical (unpaired) electrons. The number of hydrogen-bond donors (Lipinski definition) is 2. The van der Waals surface area contributed by atoms with Gasteiger partial charge in [0.2, 0.25) is 0 Å². The first-order valence-electron chi connectivity index (χ1n) is 6.15. The van der Waals surface area contributed by atoms with E-state index < -0.39 is 4.92 Å². The van der Waals surface area contributed by atoms with E-state index >= 15 is 0 Å². The molecular weight excluding hydrogens is 345 g/mol. The summed E-state index contributed by atoms with van der Waals surface area (Å²) in [5, 5.41) is 17.8. The molecule has 2 aromatic rings. The summed E-state index contributed by atoms with van der Waals surface area (Å²) < 4.78 is 0. The lowest BCUT2D eigenvalue weighted by Crippen LogP contribution is -2.19. The van der Waals surface area contributed by atoms with Crippen molar-refractivity contribution in [3.05, 3.63) is 62.1 Å². The maximum Gasteiger partial charge on any atom is 0.292 e. The van der Waals surface area contributed by atoms with Crippen molar-refractivity contribution in [3.63, 3.8) is 0 Å². The molecular formula is C14H11Cl2N3O2S. The first-order chi connectivity index (χ1) is 10.4. The summed E-state index contributed by atoms with van der Waals surface area (Å²) in [5.74, 6) is 0. The molecule has 22 heavy (non-hydrogen) atoms. The average molecular weight is 356 g/mol. The molecule has 114 valence electrons. The zero-order chi connectivity index (χ0) is 16.3. The summed E-state index contributed by atoms with van der Waals surface area (Å²) in [6, 6.07) is 9.79. The third-order valence-electron chi connectivity index (χ3n) is 2.78. The molecule has 2 rings (SSSR count). The van der Waals surface area contributed by atoms with E-state index in [1.165, 1.54) is 6.07 Å². The largest absolute Gasteiger partial charge is 0.332 e. The molecule has 2 aromatic carbocycles. The lowest BCUT2D eigenvalue weighted by Gasteiger charge is -2.11. The Morgan fingerprint density at radius 2 is 1.86 bits per heavy atom. The molecule has 0 spiro atoms. The number of hydrogen-bond acceptors (Lipinski definition) is 3. The molecule has 0 unspecified atom stereocenters. The van der Waals surface area contributed by atoms with Crippen LogP contribution in [-0.4, -0.2) is 10.0 Å². The number of nitro groups is 1. The van der Waals surface area contributed by atoms with Gasteiger partial charge in [0.1, 0.15) is 5.69 Å². The van der Waals surface area contributed by atoms with Crippen LogP contribution in [0.1, 0.15) is 5.56 Å². The van der Waals surface area contributed by atoms with Crippen molar-refractivity contribution in [2.45, 2.75) is 6.92 Å². The maximum atomic E-state index is 11.1. The molecule has 0 aliphatic carbocycles. The lowest BCUT2D eigenvalue weighted by atomic mass is 10.2. The molecule has 0 aromatic heterocycles. The van der Waals surface area contributed by atoms with Gasteiger partial charge in [-0.05, 0) is 49.0 Å². The fourth-order valence-corrected chi connectivity index (χ4v) is 2.28. The van der Waals surface area contributed by atoms with Gasteiger partial charge in [-0.2, -0.15) is 0 Å². The highest BCUT2D eigenvalue weighted by Gasteiger charge is 2.14. The number of benzene rings is 2. The van der Waals surface area contributed by atoms with Gasteiger partial charge in [0.25, 0.3) is 5.69 Å². The van der Waals surface area contributed by atoms with Gasteiger partial charge in [0.05, 0.1) is 15.0 Å². The third-order valence-corrected chi connectivity index (χ3v) is 3.72. The molecule has 0 saturated heterocycles. The number of nitrogens with one attached hydrogen (secondary N) is 2. The Hall–Kier alpha value is -1.89. The molecule has 5 nitrogen and oxygen atoms in total. The monoisotopic (exact) mass is 355 g/mol. The minimum atomic E-state index is -0.461. The standard InChI is InChI=1S/C14H11Cl2N3O2S/c1-8-2-5-12(13(6-8)19(20)21)18-14(22)17-9-3-4-10(15)11(16)7-9/h2-7H,1H3,(H2,17,18,22). The van der Waals surface area contributed by atoms with E-state index in [2.05, 4.69) is 10.6 Å². The van der Waals surface area contributed by atoms with E-state index in [0.717, 1.165) is 5.56 Å². The molecule has 8 heteroatoms. The van der Waals surface area contributed by atoms with Gasteiger partial charge in [-0.1, -0.05) is 29.3 Å². The van der Waals surface area contributed by atoms with E-state index in [0.29, 0.717) is 21.4 Å². The minimum Gasteiger partial charge on any atom is -0.332 e. The molecule has 0 amide bonds. The summed E-state index contributed by atoms with van der Waals surface area (Å²) in [5.41, 5.74) is 1.69. The summed E-state index contributed by atoms with van der Waals surface area (Å²) in [4.78, 5) is 10.6. The van der Waals surface area contributed by atoms with E-state index in [1.807, 2.05) is 0 Å². The molecule has 0 fully saturated rings. The van der Waals surface area contributed by atoms with Gasteiger partial charge in [0, 0.05) is 11.8 Å². The molecule has 0 atom stereocenters. The Bertz CT molecular complexity index is 753. The fraction of sp³-hybridized carbons (Fsp3) is 0.0714. The minimum absolute atomic E-state index is 0.0433. The summed E-state index contributed by atoms with van der Waals surface area (Å²) in [6.07, 6.45) is 0. The Morgan fingerprint density at radius 3 is 2.50 bits per heavy atom. The van der Waals surface area contributed by atoms with Gasteiger partial charge < -0.3 is 10.6 Å². The van der Waals surface area contributed by atoms with Crippen LogP contribution < -0.4 is 10.6 Å². The number of anilines is 2. The first kappa shape index (κ1) is 16.5. The molecule has 0 bridgehead atoms. The predicted molar refractivity (Wildman–Crippen MR) is 94.1 cm³/mol. The van der Waals surface area contributed by atoms with Crippen LogP contribution >= 0.6 is 35.4 Å². The SMILES string of the molecule is Cc1ccc(NC(=S)Nc2ccc(Cl)c(Cl)c2)c([N+](=O)[O-])c1. The highest BCUT2D eigenvalue weighted by Crippen LogP contribution is 2.27. The van der Waals surface area contributed by atoms with Crippen LogP contribution in [0.5, 0.6) is 0 Å². The van der Waals surface area contributed by atoms with Gasteiger partial charge in [-0.15, -0.1) is 0 Å². The molecule has 0 saturated carbocycles. The van der Waals surface area contributed by atoms with E-state index in [-0.39, 0.29) is 10.8 Å². The van der Waals surface area contributed by atoms with E-state index in [1.54, 1.807) is 37.3 Å². The van der Waals surface area contributed by atoms with Gasteiger partial charge in [-0.3, -0.25) is 10.1 Å². The van der Waals surface area contributed by atoms with E-state index in [9.17, 15) is 10.1 Å². The Labute approximate surface area is 142 Å². The second-order valence-electron chi connectivity index (χ2n) is 4.49. The van der Waals surface area contributed by atoms with E-state index in [4.69, 9.17) is 35.4 Å². The topological polar surface area (TPSA) is 67.2 Å². The van der Waals surface area contributed by atoms with Crippen molar-refractivity contribution in [1.29, 1.82) is 0 Å². The number of thiocarbonyl (C=S) groups is 1. The number of aryl methyl sites for hydroxylation is 1. The number of halogens is 2. The fourth-order valence-electron chi connectivity index (χ4n) is 1.76. The van der Waals surface area contributed by atoms with Crippen LogP contribution in [0.15, 0.2) is 36.4 Å². The quantitative estimate of drug-likeness (QED) is 0.459. The maximum absolute atomic E-state index is 11.1. The van der Waals surface area contributed by atoms with Crippen LogP contribution in [0.2, 0.25) is 10.0 Å². The van der Waals surface area contributed by atoms with Crippen molar-refractivity contribution in [3.8, 4) is 0 Å². The Morgan fingerprint density at radius 1 is 1.14 bits per heavy atom. The smallest absolute Gasteiger partial charge is 0.292 e. The number of rotatable bonds is 3. The normalized spacial score (nSPS) is 10.1. The number of nitrogens with zero attached hydrogens (tertiary/aromatic N) is 1. The van der Waals surface area contributed by atoms with Crippen molar-refractivity contribution < 1.29 is 4.92 Å². The zero-order valence-corrected chi connectivity index (χ0v) is 13.7. The zero-order valence-electron chi connectivity index (χ0n) is 11.4. The average Bonchev–Trinajstić information content (AvgIpc) is 2.44. The van der Waals surface area contributed by atoms with Gasteiger partial charge >= 0.3 is 0 Å². The summed E-state index contributed by atoms with van der Waals surface area (Å²) in [7, 11) is 0. The summed E-state index contributed by atoms with van der Waals surface area (Å²) in [6.45, 7) is 1.78. The van der Waals surface area contributed by atoms with Crippen LogP contribution in [0, 0.1) is 17.0 Å². The van der Waals surface area contributed by atoms with Crippen molar-refractivity contribution >= 4 is 57.6 Å². The number of nitro benzene ring substituents is 1. The predicted octanol–water partition coefficient (Wildman–Crippen LogP) is 5.02. The summed E-state index contributed by atoms with van der Waals surface area (Å²) >= 11 is 16.9. The van der Waals surface area contributed by atoms with Gasteiger partial charge in [-0.25, -0.2) is 0 Å². The van der Waals surface area contributed by atoms with Crippen molar-refractivity contribution in [2.75, 3.05) is 10.6 Å². The van der Waals surface area contributed by atoms with Gasteiger partial charge in [0.15, 0.2) is 5.11 Å². The molecule has 0 heterocycles. The van der Waals surface area contributed by atoms with Crippen molar-refractivity contribution in [1.82, 2.24) is 0 Å². The molecule has 2 N–H and O–H groups in total. The van der Waals surface area contributed by atoms with Crippen LogP contribution in [0.4, 0.5) is 17.1 Å². The van der Waals surface area contributed by atoms with Crippen LogP contribution in [-0.2, 0) is 0 Å². The second-order valence-corrected chi connectivity index (χ2v) is 5.71. The highest BCUT2D eigenvalue weighted by atomic mass is 35.5. The first-order valence-corrected chi connectivity index (χ1v) is 7.31. The Kier molecular flexibility index (Phi) is 5.18.